The van der Waals surface area contributed by atoms with Crippen LogP contribution in [-0.2, 0) is 11.3 Å². The van der Waals surface area contributed by atoms with E-state index in [9.17, 15) is 4.79 Å². The van der Waals surface area contributed by atoms with Gasteiger partial charge >= 0.3 is 0 Å². The molecule has 3 N–H and O–H groups in total. The predicted molar refractivity (Wildman–Crippen MR) is 83.6 cm³/mol. The van der Waals surface area contributed by atoms with Gasteiger partial charge in [0, 0.05) is 30.1 Å². The van der Waals surface area contributed by atoms with E-state index < -0.39 is 0 Å². The highest BCUT2D eigenvalue weighted by Gasteiger charge is 2.31. The molecule has 1 aliphatic rings. The molecule has 1 aromatic heterocycles. The van der Waals surface area contributed by atoms with Gasteiger partial charge in [0.2, 0.25) is 5.91 Å². The predicted octanol–water partition coefficient (Wildman–Crippen LogP) is 2.51. The Morgan fingerprint density at radius 2 is 2.00 bits per heavy atom. The summed E-state index contributed by atoms with van der Waals surface area (Å²) in [4.78, 5) is 16.5. The third-order valence-corrected chi connectivity index (χ3v) is 4.30. The van der Waals surface area contributed by atoms with Crippen LogP contribution in [0.1, 0.15) is 37.7 Å². The van der Waals surface area contributed by atoms with Crippen molar-refractivity contribution < 1.29 is 4.79 Å². The zero-order valence-electron chi connectivity index (χ0n) is 12.1. The van der Waals surface area contributed by atoms with E-state index >= 15 is 0 Å². The van der Waals surface area contributed by atoms with E-state index in [2.05, 4.69) is 10.3 Å². The van der Waals surface area contributed by atoms with Gasteiger partial charge in [-0.25, -0.2) is 0 Å². The molecule has 1 amide bonds. The highest BCUT2D eigenvalue weighted by Crippen LogP contribution is 2.29. The molecular formula is C17H21N3O. The smallest absolute Gasteiger partial charge is 0.222 e. The van der Waals surface area contributed by atoms with Gasteiger partial charge in [0.1, 0.15) is 0 Å². The molecule has 1 saturated carbocycles. The summed E-state index contributed by atoms with van der Waals surface area (Å²) in [6.07, 6.45) is 6.38. The molecule has 0 bridgehead atoms. The molecule has 1 aromatic carbocycles. The molecule has 0 radical (unpaired) electrons. The number of nitrogens with two attached hydrogens (primary N) is 1. The minimum absolute atomic E-state index is 0.0346. The van der Waals surface area contributed by atoms with E-state index in [1.54, 1.807) is 6.20 Å². The first kappa shape index (κ1) is 14.0. The number of benzene rings is 1. The Morgan fingerprint density at radius 1 is 1.24 bits per heavy atom. The zero-order valence-corrected chi connectivity index (χ0v) is 12.1. The maximum atomic E-state index is 12.1. The van der Waals surface area contributed by atoms with Crippen molar-refractivity contribution in [2.45, 2.75) is 44.2 Å². The van der Waals surface area contributed by atoms with Crippen molar-refractivity contribution in [2.24, 2.45) is 5.73 Å². The summed E-state index contributed by atoms with van der Waals surface area (Å²) in [5.74, 6) is 0.0346. The molecule has 0 spiro atoms. The molecular weight excluding hydrogens is 262 g/mol. The van der Waals surface area contributed by atoms with Gasteiger partial charge < -0.3 is 11.1 Å². The molecule has 110 valence electrons. The Bertz CT molecular complexity index is 642. The minimum atomic E-state index is -0.291. The van der Waals surface area contributed by atoms with E-state index in [1.165, 1.54) is 0 Å². The van der Waals surface area contributed by atoms with Crippen molar-refractivity contribution in [3.8, 4) is 0 Å². The lowest BCUT2D eigenvalue weighted by Crippen LogP contribution is -2.42. The van der Waals surface area contributed by atoms with Gasteiger partial charge in [0.15, 0.2) is 0 Å². The molecule has 0 aliphatic heterocycles. The Hall–Kier alpha value is -1.94. The first-order chi connectivity index (χ1) is 10.2. The van der Waals surface area contributed by atoms with E-state index in [0.29, 0.717) is 13.0 Å². The van der Waals surface area contributed by atoms with E-state index in [-0.39, 0.29) is 11.4 Å². The van der Waals surface area contributed by atoms with Crippen molar-refractivity contribution in [3.05, 3.63) is 42.1 Å². The average molecular weight is 283 g/mol. The number of carbonyl (C=O) groups is 1. The van der Waals surface area contributed by atoms with Gasteiger partial charge in [-0.1, -0.05) is 37.1 Å². The average Bonchev–Trinajstić information content (AvgIpc) is 2.91. The number of aromatic nitrogens is 1. The Kier molecular flexibility index (Phi) is 3.88. The van der Waals surface area contributed by atoms with Crippen LogP contribution in [0.4, 0.5) is 0 Å². The van der Waals surface area contributed by atoms with Crippen LogP contribution in [0.3, 0.4) is 0 Å². The number of nitrogens with zero attached hydrogens (tertiary/aromatic N) is 1. The topological polar surface area (TPSA) is 68.0 Å². The van der Waals surface area contributed by atoms with Crippen molar-refractivity contribution in [2.75, 3.05) is 0 Å². The third-order valence-electron chi connectivity index (χ3n) is 4.30. The Balaban J connectivity index is 1.65. The van der Waals surface area contributed by atoms with Gasteiger partial charge in [0.25, 0.3) is 0 Å². The van der Waals surface area contributed by atoms with Crippen molar-refractivity contribution in [1.29, 1.82) is 0 Å². The number of hydrogen-bond acceptors (Lipinski definition) is 3. The molecule has 21 heavy (non-hydrogen) atoms. The largest absolute Gasteiger partial charge is 0.352 e. The summed E-state index contributed by atoms with van der Waals surface area (Å²) in [6.45, 7) is 0.503. The lowest BCUT2D eigenvalue weighted by Gasteiger charge is -2.22. The van der Waals surface area contributed by atoms with Crippen LogP contribution in [-0.4, -0.2) is 16.4 Å². The van der Waals surface area contributed by atoms with Crippen LogP contribution in [0.15, 0.2) is 36.5 Å². The molecule has 4 heteroatoms. The van der Waals surface area contributed by atoms with Crippen LogP contribution in [0, 0.1) is 0 Å². The first-order valence-electron chi connectivity index (χ1n) is 7.55. The normalized spacial score (nSPS) is 17.0. The number of rotatable bonds is 4. The van der Waals surface area contributed by atoms with Gasteiger partial charge in [-0.3, -0.25) is 9.78 Å². The second-order valence-electron chi connectivity index (χ2n) is 6.02. The number of para-hydroxylation sites is 1. The summed E-state index contributed by atoms with van der Waals surface area (Å²) in [5.41, 5.74) is 7.94. The van der Waals surface area contributed by atoms with Crippen molar-refractivity contribution >= 4 is 16.8 Å². The number of amides is 1. The van der Waals surface area contributed by atoms with Gasteiger partial charge in [-0.05, 0) is 24.5 Å². The summed E-state index contributed by atoms with van der Waals surface area (Å²) in [5, 5.41) is 4.08. The minimum Gasteiger partial charge on any atom is -0.352 e. The molecule has 0 saturated heterocycles. The van der Waals surface area contributed by atoms with Crippen LogP contribution >= 0.6 is 0 Å². The molecule has 1 heterocycles. The lowest BCUT2D eigenvalue weighted by atomic mass is 9.94. The van der Waals surface area contributed by atoms with Crippen LogP contribution in [0.5, 0.6) is 0 Å². The number of fused-ring (bicyclic) bond motifs is 1. The van der Waals surface area contributed by atoms with Crippen molar-refractivity contribution in [3.63, 3.8) is 0 Å². The maximum absolute atomic E-state index is 12.1. The number of nitrogens with one attached hydrogen (secondary N) is 1. The van der Waals surface area contributed by atoms with Crippen LogP contribution in [0.25, 0.3) is 10.9 Å². The highest BCUT2D eigenvalue weighted by atomic mass is 16.1. The molecule has 4 nitrogen and oxygen atoms in total. The number of carbonyl (C=O) groups excluding carboxylic acids is 1. The monoisotopic (exact) mass is 283 g/mol. The van der Waals surface area contributed by atoms with E-state index in [4.69, 9.17) is 5.73 Å². The lowest BCUT2D eigenvalue weighted by molar-refractivity contribution is -0.122. The SMILES string of the molecule is NC1(CC(=O)NCc2cccc3cccnc23)CCCC1. The summed E-state index contributed by atoms with van der Waals surface area (Å²) >= 11 is 0. The van der Waals surface area contributed by atoms with Crippen LogP contribution < -0.4 is 11.1 Å². The molecule has 0 unspecified atom stereocenters. The number of hydrogen-bond donors (Lipinski definition) is 2. The summed E-state index contributed by atoms with van der Waals surface area (Å²) in [7, 11) is 0. The van der Waals surface area contributed by atoms with E-state index in [1.807, 2.05) is 30.3 Å². The standard InChI is InChI=1S/C17H21N3O/c18-17(8-1-2-9-17)11-15(21)20-12-14-6-3-5-13-7-4-10-19-16(13)14/h3-7,10H,1-2,8-9,11-12,18H2,(H,20,21). The fourth-order valence-corrected chi connectivity index (χ4v) is 3.14. The van der Waals surface area contributed by atoms with Crippen molar-refractivity contribution in [1.82, 2.24) is 10.3 Å². The number of pyridine rings is 1. The maximum Gasteiger partial charge on any atom is 0.222 e. The summed E-state index contributed by atoms with van der Waals surface area (Å²) in [6, 6.07) is 9.97. The second kappa shape index (κ2) is 5.82. The molecule has 2 aromatic rings. The molecule has 1 fully saturated rings. The zero-order chi connectivity index (χ0) is 14.7. The Morgan fingerprint density at radius 3 is 2.81 bits per heavy atom. The Labute approximate surface area is 124 Å². The fourth-order valence-electron chi connectivity index (χ4n) is 3.14. The molecule has 3 rings (SSSR count). The first-order valence-corrected chi connectivity index (χ1v) is 7.55. The van der Waals surface area contributed by atoms with Crippen LogP contribution in [0.2, 0.25) is 0 Å². The van der Waals surface area contributed by atoms with E-state index in [0.717, 1.165) is 42.1 Å². The third kappa shape index (κ3) is 3.22. The summed E-state index contributed by atoms with van der Waals surface area (Å²) < 4.78 is 0. The van der Waals surface area contributed by atoms with Gasteiger partial charge in [-0.2, -0.15) is 0 Å². The molecule has 1 aliphatic carbocycles. The fraction of sp³-hybridized carbons (Fsp3) is 0.412. The quantitative estimate of drug-likeness (QED) is 0.906. The molecule has 0 atom stereocenters. The highest BCUT2D eigenvalue weighted by molar-refractivity contribution is 5.82. The van der Waals surface area contributed by atoms with Gasteiger partial charge in [-0.15, -0.1) is 0 Å². The second-order valence-corrected chi connectivity index (χ2v) is 6.02. The van der Waals surface area contributed by atoms with Gasteiger partial charge in [0.05, 0.1) is 5.52 Å².